The molecule has 21 heavy (non-hydrogen) atoms. The van der Waals surface area contributed by atoms with Gasteiger partial charge in [0.15, 0.2) is 11.5 Å². The van der Waals surface area contributed by atoms with Gasteiger partial charge in [-0.15, -0.1) is 0 Å². The molecule has 2 aromatic rings. The molecule has 2 aliphatic rings. The molecule has 110 valence electrons. The summed E-state index contributed by atoms with van der Waals surface area (Å²) in [5, 5.41) is 4.07. The Kier molecular flexibility index (Phi) is 2.75. The second-order valence-electron chi connectivity index (χ2n) is 5.47. The Morgan fingerprint density at radius 2 is 1.76 bits per heavy atom. The van der Waals surface area contributed by atoms with Crippen LogP contribution in [-0.4, -0.2) is 29.3 Å². The Labute approximate surface area is 121 Å². The van der Waals surface area contributed by atoms with Crippen LogP contribution in [0.3, 0.4) is 0 Å². The summed E-state index contributed by atoms with van der Waals surface area (Å²) in [6, 6.07) is 3.65. The van der Waals surface area contributed by atoms with Gasteiger partial charge >= 0.3 is 0 Å². The molecule has 0 bridgehead atoms. The monoisotopic (exact) mass is 287 g/mol. The summed E-state index contributed by atoms with van der Waals surface area (Å²) in [5.74, 6) is 2.31. The molecule has 5 N–H and O–H groups in total. The number of nitrogen functional groups attached to an aromatic ring is 2. The predicted molar refractivity (Wildman–Crippen MR) is 79.0 cm³/mol. The molecule has 1 saturated heterocycles. The smallest absolute Gasteiger partial charge is 0.244 e. The van der Waals surface area contributed by atoms with Crippen LogP contribution in [0.25, 0.3) is 10.9 Å². The van der Waals surface area contributed by atoms with E-state index in [1.54, 1.807) is 0 Å². The van der Waals surface area contributed by atoms with Crippen molar-refractivity contribution in [1.82, 2.24) is 15.3 Å². The number of benzene rings is 1. The lowest BCUT2D eigenvalue weighted by atomic mass is 9.98. The minimum Gasteiger partial charge on any atom is -0.451 e. The highest BCUT2D eigenvalue weighted by Crippen LogP contribution is 2.41. The molecule has 0 saturated carbocycles. The maximum atomic E-state index is 5.95. The van der Waals surface area contributed by atoms with Crippen LogP contribution in [0.5, 0.6) is 11.5 Å². The molecular weight excluding hydrogens is 270 g/mol. The fourth-order valence-corrected chi connectivity index (χ4v) is 2.95. The third kappa shape index (κ3) is 2.09. The summed E-state index contributed by atoms with van der Waals surface area (Å²) in [7, 11) is 0. The zero-order chi connectivity index (χ0) is 14.4. The van der Waals surface area contributed by atoms with E-state index in [9.17, 15) is 0 Å². The lowest BCUT2D eigenvalue weighted by Gasteiger charge is -2.26. The fraction of sp³-hybridized carbons (Fsp3) is 0.429. The maximum absolute atomic E-state index is 5.95. The Morgan fingerprint density at radius 3 is 2.52 bits per heavy atom. The molecule has 4 rings (SSSR count). The van der Waals surface area contributed by atoms with Crippen molar-refractivity contribution < 1.29 is 9.47 Å². The highest BCUT2D eigenvalue weighted by Gasteiger charge is 2.33. The topological polar surface area (TPSA) is 108 Å². The first-order chi connectivity index (χ1) is 10.2. The highest BCUT2D eigenvalue weighted by atomic mass is 16.7. The van der Waals surface area contributed by atoms with Crippen molar-refractivity contribution in [3.8, 4) is 11.5 Å². The summed E-state index contributed by atoms with van der Waals surface area (Å²) < 4.78 is 11.9. The summed E-state index contributed by atoms with van der Waals surface area (Å²) in [5.41, 5.74) is 12.2. The van der Waals surface area contributed by atoms with Gasteiger partial charge < -0.3 is 26.3 Å². The number of anilines is 2. The average Bonchev–Trinajstić information content (AvgIpc) is 2.89. The SMILES string of the molecule is Nc1nc(N)c2cc3c(cc2n1)OC(C1CCNCC1)O3. The standard InChI is InChI=1S/C14H17N5O2/c15-12-8-5-10-11(6-9(8)18-14(16)19-12)21-13(20-10)7-1-3-17-4-2-7/h5-7,13,17H,1-4H2,(H4,15,16,18,19). The van der Waals surface area contributed by atoms with Crippen LogP contribution in [-0.2, 0) is 0 Å². The molecule has 1 atom stereocenters. The summed E-state index contributed by atoms with van der Waals surface area (Å²) >= 11 is 0. The van der Waals surface area contributed by atoms with Crippen molar-refractivity contribution in [3.63, 3.8) is 0 Å². The van der Waals surface area contributed by atoms with E-state index < -0.39 is 0 Å². The van der Waals surface area contributed by atoms with Gasteiger partial charge in [-0.05, 0) is 32.0 Å². The van der Waals surface area contributed by atoms with Gasteiger partial charge in [0.2, 0.25) is 12.2 Å². The minimum absolute atomic E-state index is 0.161. The van der Waals surface area contributed by atoms with E-state index in [0.29, 0.717) is 28.8 Å². The van der Waals surface area contributed by atoms with Crippen molar-refractivity contribution in [3.05, 3.63) is 12.1 Å². The molecular formula is C14H17N5O2. The average molecular weight is 287 g/mol. The minimum atomic E-state index is -0.231. The number of rotatable bonds is 1. The van der Waals surface area contributed by atoms with E-state index in [0.717, 1.165) is 31.3 Å². The van der Waals surface area contributed by atoms with Gasteiger partial charge in [0.1, 0.15) is 5.82 Å². The summed E-state index contributed by atoms with van der Waals surface area (Å²) in [6.07, 6.45) is 1.87. The van der Waals surface area contributed by atoms with E-state index >= 15 is 0 Å². The molecule has 1 fully saturated rings. The Hall–Kier alpha value is -2.28. The summed E-state index contributed by atoms with van der Waals surface area (Å²) in [6.45, 7) is 2.00. The first-order valence-corrected chi connectivity index (χ1v) is 7.11. The zero-order valence-electron chi connectivity index (χ0n) is 11.5. The van der Waals surface area contributed by atoms with Gasteiger partial charge in [-0.3, -0.25) is 0 Å². The molecule has 0 spiro atoms. The van der Waals surface area contributed by atoms with Crippen molar-refractivity contribution in [2.45, 2.75) is 19.1 Å². The third-order valence-corrected chi connectivity index (χ3v) is 4.06. The van der Waals surface area contributed by atoms with Gasteiger partial charge in [0.25, 0.3) is 0 Å². The van der Waals surface area contributed by atoms with Crippen molar-refractivity contribution in [2.24, 2.45) is 5.92 Å². The van der Waals surface area contributed by atoms with Crippen molar-refractivity contribution in [2.75, 3.05) is 24.6 Å². The number of fused-ring (bicyclic) bond motifs is 2. The molecule has 7 heteroatoms. The predicted octanol–water partition coefficient (Wildman–Crippen LogP) is 0.891. The molecule has 0 radical (unpaired) electrons. The second kappa shape index (κ2) is 4.63. The van der Waals surface area contributed by atoms with E-state index in [2.05, 4.69) is 15.3 Å². The van der Waals surface area contributed by atoms with Gasteiger partial charge in [-0.2, -0.15) is 4.98 Å². The quantitative estimate of drug-likeness (QED) is 0.714. The Balaban J connectivity index is 1.68. The second-order valence-corrected chi connectivity index (χ2v) is 5.47. The van der Waals surface area contributed by atoms with Crippen LogP contribution in [0, 0.1) is 5.92 Å². The molecule has 7 nitrogen and oxygen atoms in total. The van der Waals surface area contributed by atoms with Crippen LogP contribution >= 0.6 is 0 Å². The molecule has 0 aliphatic carbocycles. The maximum Gasteiger partial charge on any atom is 0.244 e. The van der Waals surface area contributed by atoms with Crippen molar-refractivity contribution in [1.29, 1.82) is 0 Å². The first-order valence-electron chi connectivity index (χ1n) is 7.11. The number of nitrogens with zero attached hydrogens (tertiary/aromatic N) is 2. The Bertz CT molecular complexity index is 699. The number of nitrogens with two attached hydrogens (primary N) is 2. The van der Waals surface area contributed by atoms with E-state index in [1.165, 1.54) is 0 Å². The van der Waals surface area contributed by atoms with Crippen LogP contribution < -0.4 is 26.3 Å². The van der Waals surface area contributed by atoms with Gasteiger partial charge in [0, 0.05) is 17.4 Å². The molecule has 3 heterocycles. The number of nitrogens with one attached hydrogen (secondary N) is 1. The largest absolute Gasteiger partial charge is 0.451 e. The summed E-state index contributed by atoms with van der Waals surface area (Å²) in [4.78, 5) is 8.17. The number of aromatic nitrogens is 2. The lowest BCUT2D eigenvalue weighted by molar-refractivity contribution is -0.0148. The Morgan fingerprint density at radius 1 is 1.05 bits per heavy atom. The van der Waals surface area contributed by atoms with E-state index in [-0.39, 0.29) is 12.2 Å². The van der Waals surface area contributed by atoms with Crippen LogP contribution in [0.1, 0.15) is 12.8 Å². The first kappa shape index (κ1) is 12.5. The number of hydrogen-bond donors (Lipinski definition) is 3. The third-order valence-electron chi connectivity index (χ3n) is 4.06. The van der Waals surface area contributed by atoms with Gasteiger partial charge in [-0.1, -0.05) is 0 Å². The highest BCUT2D eigenvalue weighted by molar-refractivity contribution is 5.91. The molecule has 1 aromatic carbocycles. The fourth-order valence-electron chi connectivity index (χ4n) is 2.95. The number of ether oxygens (including phenoxy) is 2. The van der Waals surface area contributed by atoms with Crippen molar-refractivity contribution >= 4 is 22.7 Å². The normalized spacial score (nSPS) is 21.8. The van der Waals surface area contributed by atoms with E-state index in [4.69, 9.17) is 20.9 Å². The number of piperidine rings is 1. The molecule has 2 aliphatic heterocycles. The molecule has 1 aromatic heterocycles. The molecule has 1 unspecified atom stereocenters. The van der Waals surface area contributed by atoms with E-state index in [1.807, 2.05) is 12.1 Å². The molecule has 0 amide bonds. The zero-order valence-corrected chi connectivity index (χ0v) is 11.5. The van der Waals surface area contributed by atoms with Crippen LogP contribution in [0.2, 0.25) is 0 Å². The van der Waals surface area contributed by atoms with Gasteiger partial charge in [-0.25, -0.2) is 4.98 Å². The lowest BCUT2D eigenvalue weighted by Crippen LogP contribution is -2.37. The van der Waals surface area contributed by atoms with Crippen LogP contribution in [0.15, 0.2) is 12.1 Å². The van der Waals surface area contributed by atoms with Crippen LogP contribution in [0.4, 0.5) is 11.8 Å². The number of hydrogen-bond acceptors (Lipinski definition) is 7. The van der Waals surface area contributed by atoms with Gasteiger partial charge in [0.05, 0.1) is 5.52 Å².